The number of likely N-dealkylation sites (tertiary alicyclic amines) is 1. The van der Waals surface area contributed by atoms with Gasteiger partial charge < -0.3 is 21.7 Å². The van der Waals surface area contributed by atoms with E-state index in [0.29, 0.717) is 23.8 Å². The summed E-state index contributed by atoms with van der Waals surface area (Å²) in [4.78, 5) is 29.2. The molecule has 21 heavy (non-hydrogen) atoms. The van der Waals surface area contributed by atoms with Crippen LogP contribution >= 0.6 is 11.6 Å². The first-order chi connectivity index (χ1) is 9.97. The summed E-state index contributed by atoms with van der Waals surface area (Å²) in [7, 11) is 0. The zero-order chi connectivity index (χ0) is 15.4. The van der Waals surface area contributed by atoms with Gasteiger partial charge in [0.15, 0.2) is 5.96 Å². The van der Waals surface area contributed by atoms with Gasteiger partial charge in [0, 0.05) is 18.1 Å². The van der Waals surface area contributed by atoms with Gasteiger partial charge in [0.25, 0.3) is 5.91 Å². The average Bonchev–Trinajstić information content (AvgIpc) is 2.94. The first-order valence-electron chi connectivity index (χ1n) is 6.47. The van der Waals surface area contributed by atoms with Crippen molar-refractivity contribution in [3.05, 3.63) is 28.8 Å². The number of rotatable bonds is 2. The topological polar surface area (TPSA) is 114 Å². The molecule has 1 aliphatic rings. The second-order valence-corrected chi connectivity index (χ2v) is 5.09. The van der Waals surface area contributed by atoms with Crippen molar-refractivity contribution in [3.8, 4) is 0 Å². The van der Waals surface area contributed by atoms with Crippen LogP contribution in [0, 0.1) is 0 Å². The molecule has 1 saturated heterocycles. The van der Waals surface area contributed by atoms with Crippen LogP contribution in [0.3, 0.4) is 0 Å². The van der Waals surface area contributed by atoms with Crippen molar-refractivity contribution in [2.75, 3.05) is 18.4 Å². The van der Waals surface area contributed by atoms with E-state index in [-0.39, 0.29) is 17.6 Å². The number of urea groups is 1. The fourth-order valence-corrected chi connectivity index (χ4v) is 2.27. The normalized spacial score (nSPS) is 13.9. The van der Waals surface area contributed by atoms with Gasteiger partial charge in [-0.3, -0.25) is 4.79 Å². The molecule has 5 N–H and O–H groups in total. The summed E-state index contributed by atoms with van der Waals surface area (Å²) in [6.45, 7) is 1.41. The van der Waals surface area contributed by atoms with E-state index < -0.39 is 5.91 Å². The molecule has 1 aliphatic heterocycles. The highest BCUT2D eigenvalue weighted by Crippen LogP contribution is 2.22. The first-order valence-corrected chi connectivity index (χ1v) is 6.84. The number of hydrogen-bond acceptors (Lipinski definition) is 2. The number of anilines is 1. The van der Waals surface area contributed by atoms with Gasteiger partial charge in [-0.15, -0.1) is 0 Å². The number of amides is 3. The van der Waals surface area contributed by atoms with E-state index in [0.717, 1.165) is 12.8 Å². The molecular weight excluding hydrogens is 294 g/mol. The lowest BCUT2D eigenvalue weighted by molar-refractivity contribution is 0.100. The Hall–Kier alpha value is -2.28. The Morgan fingerprint density at radius 1 is 1.24 bits per heavy atom. The molecule has 0 atom stereocenters. The lowest BCUT2D eigenvalue weighted by Gasteiger charge is -2.17. The van der Waals surface area contributed by atoms with E-state index >= 15 is 0 Å². The zero-order valence-corrected chi connectivity index (χ0v) is 12.1. The van der Waals surface area contributed by atoms with Gasteiger partial charge >= 0.3 is 6.03 Å². The summed E-state index contributed by atoms with van der Waals surface area (Å²) in [5.74, 6) is -1.01. The van der Waals surface area contributed by atoms with Crippen molar-refractivity contribution < 1.29 is 9.59 Å². The van der Waals surface area contributed by atoms with Crippen molar-refractivity contribution in [2.24, 2.45) is 16.5 Å². The lowest BCUT2D eigenvalue weighted by Crippen LogP contribution is -2.32. The smallest absolute Gasteiger partial charge is 0.321 e. The van der Waals surface area contributed by atoms with Gasteiger partial charge in [0.05, 0.1) is 11.3 Å². The number of halogens is 1. The molecule has 0 spiro atoms. The number of nitrogens with zero attached hydrogens (tertiary/aromatic N) is 2. The third kappa shape index (κ3) is 3.85. The minimum Gasteiger partial charge on any atom is -0.370 e. The SMILES string of the molecule is NC(N)=NC(=O)c1cc(Cl)ccc1NC(=O)N1CCCC1. The highest BCUT2D eigenvalue weighted by atomic mass is 35.5. The van der Waals surface area contributed by atoms with Crippen LogP contribution in [0.5, 0.6) is 0 Å². The van der Waals surface area contributed by atoms with Crippen molar-refractivity contribution >= 4 is 35.2 Å². The van der Waals surface area contributed by atoms with Crippen LogP contribution in [0.2, 0.25) is 5.02 Å². The van der Waals surface area contributed by atoms with Gasteiger partial charge in [-0.05, 0) is 31.0 Å². The summed E-state index contributed by atoms with van der Waals surface area (Å²) in [6.07, 6.45) is 1.96. The number of aliphatic imine (C=N–C) groups is 1. The zero-order valence-electron chi connectivity index (χ0n) is 11.3. The molecule has 0 radical (unpaired) electrons. The van der Waals surface area contributed by atoms with E-state index in [4.69, 9.17) is 23.1 Å². The van der Waals surface area contributed by atoms with Crippen molar-refractivity contribution in [2.45, 2.75) is 12.8 Å². The fourth-order valence-electron chi connectivity index (χ4n) is 2.09. The predicted octanol–water partition coefficient (Wildman–Crippen LogP) is 1.38. The molecule has 0 aliphatic carbocycles. The molecule has 1 aromatic rings. The molecule has 112 valence electrons. The number of nitrogens with two attached hydrogens (primary N) is 2. The molecule has 7 nitrogen and oxygen atoms in total. The van der Waals surface area contributed by atoms with Gasteiger partial charge in [0.1, 0.15) is 0 Å². The van der Waals surface area contributed by atoms with Crippen LogP contribution in [0.4, 0.5) is 10.5 Å². The standard InChI is InChI=1S/C13H16ClN5O2/c14-8-3-4-10(9(7-8)11(20)18-12(15)16)17-13(21)19-5-1-2-6-19/h3-4,7H,1-2,5-6H2,(H,17,21)(H4,15,16,18,20). The maximum Gasteiger partial charge on any atom is 0.321 e. The van der Waals surface area contributed by atoms with Crippen LogP contribution in [0.25, 0.3) is 0 Å². The predicted molar refractivity (Wildman–Crippen MR) is 81.4 cm³/mol. The van der Waals surface area contributed by atoms with Gasteiger partial charge in [-0.1, -0.05) is 11.6 Å². The van der Waals surface area contributed by atoms with E-state index in [1.165, 1.54) is 6.07 Å². The molecule has 8 heteroatoms. The van der Waals surface area contributed by atoms with Crippen LogP contribution in [0.15, 0.2) is 23.2 Å². The Morgan fingerprint density at radius 3 is 2.52 bits per heavy atom. The maximum atomic E-state index is 12.1. The van der Waals surface area contributed by atoms with Crippen LogP contribution in [-0.4, -0.2) is 35.9 Å². The molecule has 2 rings (SSSR count). The van der Waals surface area contributed by atoms with E-state index in [9.17, 15) is 9.59 Å². The Kier molecular flexibility index (Phi) is 4.64. The largest absolute Gasteiger partial charge is 0.370 e. The number of guanidine groups is 1. The van der Waals surface area contributed by atoms with E-state index in [1.807, 2.05) is 0 Å². The minimum atomic E-state index is -0.658. The highest BCUT2D eigenvalue weighted by Gasteiger charge is 2.20. The second-order valence-electron chi connectivity index (χ2n) is 4.66. The Balaban J connectivity index is 2.24. The van der Waals surface area contributed by atoms with Gasteiger partial charge in [-0.25, -0.2) is 4.79 Å². The molecular formula is C13H16ClN5O2. The number of hydrogen-bond donors (Lipinski definition) is 3. The monoisotopic (exact) mass is 309 g/mol. The Labute approximate surface area is 126 Å². The van der Waals surface area contributed by atoms with Crippen molar-refractivity contribution in [3.63, 3.8) is 0 Å². The summed E-state index contributed by atoms with van der Waals surface area (Å²) >= 11 is 5.87. The highest BCUT2D eigenvalue weighted by molar-refractivity contribution is 6.31. The molecule has 0 bridgehead atoms. The molecule has 3 amide bonds. The van der Waals surface area contributed by atoms with Crippen LogP contribution < -0.4 is 16.8 Å². The van der Waals surface area contributed by atoms with Crippen LogP contribution in [0.1, 0.15) is 23.2 Å². The fraction of sp³-hybridized carbons (Fsp3) is 0.308. The third-order valence-corrected chi connectivity index (χ3v) is 3.31. The second kappa shape index (κ2) is 6.45. The summed E-state index contributed by atoms with van der Waals surface area (Å²) in [5.41, 5.74) is 10.9. The first kappa shape index (κ1) is 15.1. The maximum absolute atomic E-state index is 12.1. The summed E-state index contributed by atoms with van der Waals surface area (Å²) < 4.78 is 0. The van der Waals surface area contributed by atoms with Crippen molar-refractivity contribution in [1.29, 1.82) is 0 Å². The van der Waals surface area contributed by atoms with Gasteiger partial charge in [-0.2, -0.15) is 4.99 Å². The van der Waals surface area contributed by atoms with Crippen LogP contribution in [-0.2, 0) is 0 Å². The lowest BCUT2D eigenvalue weighted by atomic mass is 10.1. The van der Waals surface area contributed by atoms with E-state index in [2.05, 4.69) is 10.3 Å². The molecule has 0 saturated carbocycles. The summed E-state index contributed by atoms with van der Waals surface area (Å²) in [6, 6.07) is 4.28. The number of benzene rings is 1. The van der Waals surface area contributed by atoms with Gasteiger partial charge in [0.2, 0.25) is 0 Å². The van der Waals surface area contributed by atoms with E-state index in [1.54, 1.807) is 17.0 Å². The van der Waals surface area contributed by atoms with Crippen molar-refractivity contribution in [1.82, 2.24) is 4.90 Å². The quantitative estimate of drug-likeness (QED) is 0.565. The molecule has 0 unspecified atom stereocenters. The average molecular weight is 310 g/mol. The minimum absolute atomic E-state index is 0.142. The molecule has 1 heterocycles. The molecule has 1 fully saturated rings. The summed E-state index contributed by atoms with van der Waals surface area (Å²) in [5, 5.41) is 3.04. The number of carbonyl (C=O) groups is 2. The number of nitrogens with one attached hydrogen (secondary N) is 1. The molecule has 0 aromatic heterocycles. The Morgan fingerprint density at radius 2 is 1.90 bits per heavy atom. The number of carbonyl (C=O) groups excluding carboxylic acids is 2. The third-order valence-electron chi connectivity index (χ3n) is 3.08. The molecule has 1 aromatic carbocycles. The Bertz CT molecular complexity index is 592.